The molecule has 0 amide bonds. The maximum Gasteiger partial charge on any atom is 0.339 e. The standard InChI is InChI=1S/C11H10BrN3O3/c1-17-11(16)8-2-3-10(13-4-8)15-6-9(5-14-15)18-7-12/h2-6H,7H2,1H3. The van der Waals surface area contributed by atoms with Crippen molar-refractivity contribution in [2.75, 3.05) is 12.6 Å². The molecule has 0 saturated heterocycles. The Kier molecular flexibility index (Phi) is 3.93. The van der Waals surface area contributed by atoms with E-state index in [4.69, 9.17) is 4.74 Å². The van der Waals surface area contributed by atoms with E-state index in [1.165, 1.54) is 13.3 Å². The number of hydrogen-bond acceptors (Lipinski definition) is 5. The fraction of sp³-hybridized carbons (Fsp3) is 0.182. The van der Waals surface area contributed by atoms with Crippen LogP contribution in [0.4, 0.5) is 0 Å². The summed E-state index contributed by atoms with van der Waals surface area (Å²) in [5.41, 5.74) is 0.790. The van der Waals surface area contributed by atoms with Crippen LogP contribution in [0, 0.1) is 0 Å². The fourth-order valence-corrected chi connectivity index (χ4v) is 1.59. The Bertz CT molecular complexity index is 539. The van der Waals surface area contributed by atoms with Gasteiger partial charge in [-0.25, -0.2) is 14.5 Å². The van der Waals surface area contributed by atoms with Gasteiger partial charge in [-0.05, 0) is 28.1 Å². The minimum atomic E-state index is -0.419. The highest BCUT2D eigenvalue weighted by Crippen LogP contribution is 2.13. The molecule has 0 N–H and O–H groups in total. The molecule has 0 bridgehead atoms. The Hall–Kier alpha value is -1.89. The summed E-state index contributed by atoms with van der Waals surface area (Å²) in [6.07, 6.45) is 4.71. The van der Waals surface area contributed by atoms with E-state index < -0.39 is 5.97 Å². The summed E-state index contributed by atoms with van der Waals surface area (Å²) in [7, 11) is 1.33. The Morgan fingerprint density at radius 1 is 1.44 bits per heavy atom. The number of pyridine rings is 1. The zero-order valence-electron chi connectivity index (χ0n) is 9.54. The molecule has 0 aliphatic carbocycles. The van der Waals surface area contributed by atoms with Crippen molar-refractivity contribution in [1.82, 2.24) is 14.8 Å². The molecule has 0 spiro atoms. The van der Waals surface area contributed by atoms with Crippen molar-refractivity contribution in [3.63, 3.8) is 0 Å². The topological polar surface area (TPSA) is 66.2 Å². The molecule has 2 aromatic heterocycles. The second-order valence-corrected chi connectivity index (χ2v) is 3.73. The van der Waals surface area contributed by atoms with Crippen LogP contribution in [0.25, 0.3) is 5.82 Å². The van der Waals surface area contributed by atoms with E-state index >= 15 is 0 Å². The maximum absolute atomic E-state index is 11.2. The maximum atomic E-state index is 11.2. The average Bonchev–Trinajstić information content (AvgIpc) is 2.87. The first kappa shape index (κ1) is 12.6. The molecule has 2 heterocycles. The monoisotopic (exact) mass is 311 g/mol. The number of carbonyl (C=O) groups excluding carboxylic acids is 1. The molecule has 0 aromatic carbocycles. The van der Waals surface area contributed by atoms with Gasteiger partial charge in [-0.1, -0.05) is 0 Å². The Balaban J connectivity index is 2.20. The summed E-state index contributed by atoms with van der Waals surface area (Å²) >= 11 is 3.16. The third kappa shape index (κ3) is 2.67. The van der Waals surface area contributed by atoms with E-state index in [0.29, 0.717) is 22.6 Å². The van der Waals surface area contributed by atoms with Crippen LogP contribution in [0.1, 0.15) is 10.4 Å². The molecule has 0 atom stereocenters. The lowest BCUT2D eigenvalue weighted by molar-refractivity contribution is 0.0600. The largest absolute Gasteiger partial charge is 0.479 e. The molecule has 94 valence electrons. The molecule has 0 unspecified atom stereocenters. The van der Waals surface area contributed by atoms with E-state index in [-0.39, 0.29) is 0 Å². The summed E-state index contributed by atoms with van der Waals surface area (Å²) in [6.45, 7) is 0. The lowest BCUT2D eigenvalue weighted by atomic mass is 10.3. The first-order valence-electron chi connectivity index (χ1n) is 5.03. The first-order valence-corrected chi connectivity index (χ1v) is 6.15. The number of ether oxygens (including phenoxy) is 2. The quantitative estimate of drug-likeness (QED) is 0.636. The van der Waals surface area contributed by atoms with E-state index in [1.54, 1.807) is 29.2 Å². The van der Waals surface area contributed by atoms with Crippen LogP contribution in [0.3, 0.4) is 0 Å². The van der Waals surface area contributed by atoms with E-state index in [2.05, 4.69) is 30.7 Å². The van der Waals surface area contributed by atoms with Gasteiger partial charge in [0.25, 0.3) is 0 Å². The third-order valence-electron chi connectivity index (χ3n) is 2.18. The number of carbonyl (C=O) groups is 1. The third-order valence-corrected chi connectivity index (χ3v) is 2.41. The molecule has 0 saturated carbocycles. The summed E-state index contributed by atoms with van der Waals surface area (Å²) < 4.78 is 11.4. The highest BCUT2D eigenvalue weighted by atomic mass is 79.9. The minimum absolute atomic E-state index is 0.394. The van der Waals surface area contributed by atoms with E-state index in [1.807, 2.05) is 0 Å². The first-order chi connectivity index (χ1) is 8.74. The SMILES string of the molecule is COC(=O)c1ccc(-n2cc(OCBr)cn2)nc1. The van der Waals surface area contributed by atoms with Gasteiger partial charge in [-0.3, -0.25) is 0 Å². The van der Waals surface area contributed by atoms with E-state index in [0.717, 1.165) is 0 Å². The molecule has 6 nitrogen and oxygen atoms in total. The second-order valence-electron chi connectivity index (χ2n) is 3.27. The van der Waals surface area contributed by atoms with Gasteiger partial charge in [0.2, 0.25) is 0 Å². The summed E-state index contributed by atoms with van der Waals surface area (Å²) in [5.74, 6) is 0.802. The second kappa shape index (κ2) is 5.63. The van der Waals surface area contributed by atoms with Crippen molar-refractivity contribution in [3.8, 4) is 11.6 Å². The van der Waals surface area contributed by atoms with Gasteiger partial charge in [0.05, 0.1) is 25.1 Å². The Labute approximate surface area is 112 Å². The highest BCUT2D eigenvalue weighted by molar-refractivity contribution is 9.09. The Morgan fingerprint density at radius 3 is 2.89 bits per heavy atom. The molecule has 0 radical (unpaired) electrons. The number of rotatable bonds is 4. The summed E-state index contributed by atoms with van der Waals surface area (Å²) in [4.78, 5) is 15.4. The number of esters is 1. The Morgan fingerprint density at radius 2 is 2.28 bits per heavy atom. The van der Waals surface area contributed by atoms with Gasteiger partial charge < -0.3 is 9.47 Å². The molecule has 0 fully saturated rings. The lowest BCUT2D eigenvalue weighted by Gasteiger charge is -2.01. The number of halogens is 1. The summed E-state index contributed by atoms with van der Waals surface area (Å²) in [6, 6.07) is 3.30. The van der Waals surface area contributed by atoms with Gasteiger partial charge in [0.1, 0.15) is 5.52 Å². The van der Waals surface area contributed by atoms with Crippen LogP contribution in [-0.2, 0) is 4.74 Å². The van der Waals surface area contributed by atoms with Gasteiger partial charge in [-0.15, -0.1) is 0 Å². The number of alkyl halides is 1. The number of methoxy groups -OCH3 is 1. The zero-order valence-corrected chi connectivity index (χ0v) is 11.1. The predicted molar refractivity (Wildman–Crippen MR) is 67.1 cm³/mol. The van der Waals surface area contributed by atoms with Crippen molar-refractivity contribution in [3.05, 3.63) is 36.3 Å². The van der Waals surface area contributed by atoms with Crippen LogP contribution in [0.5, 0.6) is 5.75 Å². The highest BCUT2D eigenvalue weighted by Gasteiger charge is 2.07. The minimum Gasteiger partial charge on any atom is -0.479 e. The van der Waals surface area contributed by atoms with Crippen LogP contribution in [-0.4, -0.2) is 33.4 Å². The zero-order chi connectivity index (χ0) is 13.0. The van der Waals surface area contributed by atoms with Crippen molar-refractivity contribution in [2.24, 2.45) is 0 Å². The average molecular weight is 312 g/mol. The van der Waals surface area contributed by atoms with Crippen LogP contribution < -0.4 is 4.74 Å². The van der Waals surface area contributed by atoms with Crippen LogP contribution in [0.2, 0.25) is 0 Å². The van der Waals surface area contributed by atoms with Gasteiger partial charge >= 0.3 is 5.97 Å². The molecule has 0 aliphatic heterocycles. The number of nitrogens with zero attached hydrogens (tertiary/aromatic N) is 3. The molecular weight excluding hydrogens is 302 g/mol. The van der Waals surface area contributed by atoms with Crippen molar-refractivity contribution in [2.45, 2.75) is 0 Å². The fourth-order valence-electron chi connectivity index (χ4n) is 1.33. The molecule has 2 aromatic rings. The number of hydrogen-bond donors (Lipinski definition) is 0. The van der Waals surface area contributed by atoms with Gasteiger partial charge in [0.15, 0.2) is 11.6 Å². The summed E-state index contributed by atoms with van der Waals surface area (Å²) in [5, 5.41) is 4.09. The van der Waals surface area contributed by atoms with Crippen molar-refractivity contribution in [1.29, 1.82) is 0 Å². The van der Waals surface area contributed by atoms with Crippen molar-refractivity contribution < 1.29 is 14.3 Å². The number of aromatic nitrogens is 3. The smallest absolute Gasteiger partial charge is 0.339 e. The normalized spacial score (nSPS) is 10.1. The van der Waals surface area contributed by atoms with E-state index in [9.17, 15) is 4.79 Å². The molecule has 0 aliphatic rings. The molecule has 2 rings (SSSR count). The van der Waals surface area contributed by atoms with Gasteiger partial charge in [0, 0.05) is 6.20 Å². The molecule has 18 heavy (non-hydrogen) atoms. The lowest BCUT2D eigenvalue weighted by Crippen LogP contribution is -2.04. The van der Waals surface area contributed by atoms with Crippen LogP contribution >= 0.6 is 15.9 Å². The molecule has 7 heteroatoms. The predicted octanol–water partition coefficient (Wildman–Crippen LogP) is 1.79. The molecular formula is C11H10BrN3O3. The van der Waals surface area contributed by atoms with Gasteiger partial charge in [-0.2, -0.15) is 5.10 Å². The van der Waals surface area contributed by atoms with Crippen LogP contribution in [0.15, 0.2) is 30.7 Å². The van der Waals surface area contributed by atoms with Crippen molar-refractivity contribution >= 4 is 21.9 Å².